The van der Waals surface area contributed by atoms with Crippen LogP contribution in [0.3, 0.4) is 0 Å². The van der Waals surface area contributed by atoms with Crippen LogP contribution in [-0.4, -0.2) is 26.9 Å². The van der Waals surface area contributed by atoms with Crippen LogP contribution < -0.4 is 4.72 Å². The summed E-state index contributed by atoms with van der Waals surface area (Å²) in [5.74, 6) is -2.25. The molecule has 0 aliphatic heterocycles. The lowest BCUT2D eigenvalue weighted by atomic mass is 9.93. The van der Waals surface area contributed by atoms with Crippen molar-refractivity contribution in [2.24, 2.45) is 0 Å². The van der Waals surface area contributed by atoms with Crippen LogP contribution in [0.2, 0.25) is 5.02 Å². The van der Waals surface area contributed by atoms with Crippen molar-refractivity contribution in [3.05, 3.63) is 100 Å². The maximum atomic E-state index is 14.3. The van der Waals surface area contributed by atoms with Gasteiger partial charge in [-0.3, -0.25) is 4.79 Å². The fourth-order valence-corrected chi connectivity index (χ4v) is 4.70. The lowest BCUT2D eigenvalue weighted by Gasteiger charge is -2.14. The third kappa shape index (κ3) is 7.45. The number of hydrogen-bond acceptors (Lipinski definition) is 5. The van der Waals surface area contributed by atoms with Gasteiger partial charge in [-0.1, -0.05) is 48.9 Å². The van der Waals surface area contributed by atoms with Crippen LogP contribution in [-0.2, 0) is 26.0 Å². The molecule has 184 valence electrons. The summed E-state index contributed by atoms with van der Waals surface area (Å²) in [6.07, 6.45) is 0.715. The minimum atomic E-state index is -3.81. The molecule has 0 amide bonds. The lowest BCUT2D eigenvalue weighted by Crippen LogP contribution is -2.26. The van der Waals surface area contributed by atoms with Crippen molar-refractivity contribution in [2.45, 2.75) is 37.0 Å². The Balaban J connectivity index is 1.60. The SMILES string of the molecule is CCC(CC(=O)OC(=O)c1ccc(F)c(CCNS(=O)(=O)c2ccc(Cl)cc2)c1)c1ccccc1. The van der Waals surface area contributed by atoms with E-state index in [0.29, 0.717) is 11.4 Å². The number of sulfonamides is 1. The Kier molecular flexibility index (Phi) is 9.14. The molecule has 0 aromatic heterocycles. The highest BCUT2D eigenvalue weighted by Crippen LogP contribution is 2.24. The Morgan fingerprint density at radius 1 is 1.03 bits per heavy atom. The predicted octanol–water partition coefficient (Wildman–Crippen LogP) is 5.27. The smallest absolute Gasteiger partial charge is 0.345 e. The molecule has 0 bridgehead atoms. The summed E-state index contributed by atoms with van der Waals surface area (Å²) in [5.41, 5.74) is 1.09. The van der Waals surface area contributed by atoms with E-state index in [1.807, 2.05) is 37.3 Å². The second-order valence-electron chi connectivity index (χ2n) is 7.89. The number of esters is 2. The monoisotopic (exact) mass is 517 g/mol. The number of hydrogen-bond donors (Lipinski definition) is 1. The van der Waals surface area contributed by atoms with Gasteiger partial charge in [0.25, 0.3) is 0 Å². The first-order valence-electron chi connectivity index (χ1n) is 11.0. The van der Waals surface area contributed by atoms with Gasteiger partial charge in [0.2, 0.25) is 10.0 Å². The van der Waals surface area contributed by atoms with E-state index in [9.17, 15) is 22.4 Å². The standard InChI is InChI=1S/C26H25ClFNO5S/c1-2-18(19-6-4-3-5-7-19)17-25(30)34-26(31)21-8-13-24(28)20(16-21)14-15-29-35(32,33)23-11-9-22(27)10-12-23/h3-13,16,18,29H,2,14-15,17H2,1H3. The van der Waals surface area contributed by atoms with Crippen LogP contribution in [0.1, 0.15) is 47.2 Å². The molecule has 0 fully saturated rings. The van der Waals surface area contributed by atoms with E-state index in [0.717, 1.165) is 11.6 Å². The van der Waals surface area contributed by atoms with Crippen molar-refractivity contribution in [1.82, 2.24) is 4.72 Å². The van der Waals surface area contributed by atoms with Gasteiger partial charge in [-0.2, -0.15) is 0 Å². The molecule has 9 heteroatoms. The van der Waals surface area contributed by atoms with Crippen LogP contribution in [0.5, 0.6) is 0 Å². The third-order valence-corrected chi connectivity index (χ3v) is 7.20. The minimum absolute atomic E-state index is 0.00284. The molecule has 0 radical (unpaired) electrons. The molecule has 3 aromatic rings. The molecule has 1 atom stereocenters. The van der Waals surface area contributed by atoms with Crippen LogP contribution in [0.4, 0.5) is 4.39 Å². The van der Waals surface area contributed by atoms with Crippen LogP contribution in [0, 0.1) is 5.82 Å². The first-order chi connectivity index (χ1) is 16.7. The number of nitrogens with one attached hydrogen (secondary N) is 1. The number of benzene rings is 3. The van der Waals surface area contributed by atoms with E-state index in [2.05, 4.69) is 4.72 Å². The Morgan fingerprint density at radius 3 is 2.37 bits per heavy atom. The molecule has 3 rings (SSSR count). The first-order valence-corrected chi connectivity index (χ1v) is 12.9. The second kappa shape index (κ2) is 12.1. The molecule has 0 saturated heterocycles. The predicted molar refractivity (Wildman–Crippen MR) is 131 cm³/mol. The van der Waals surface area contributed by atoms with Gasteiger partial charge in [0.15, 0.2) is 0 Å². The van der Waals surface area contributed by atoms with E-state index in [-0.39, 0.29) is 41.3 Å². The van der Waals surface area contributed by atoms with Crippen molar-refractivity contribution < 1.29 is 27.1 Å². The van der Waals surface area contributed by atoms with Gasteiger partial charge in [-0.15, -0.1) is 0 Å². The van der Waals surface area contributed by atoms with Crippen molar-refractivity contribution in [1.29, 1.82) is 0 Å². The fraction of sp³-hybridized carbons (Fsp3) is 0.231. The Labute approximate surface area is 209 Å². The summed E-state index contributed by atoms with van der Waals surface area (Å²) in [6.45, 7) is 1.84. The van der Waals surface area contributed by atoms with Crippen LogP contribution in [0.25, 0.3) is 0 Å². The number of carbonyl (C=O) groups is 2. The molecule has 1 N–H and O–H groups in total. The van der Waals surface area contributed by atoms with Gasteiger partial charge in [-0.25, -0.2) is 22.3 Å². The maximum Gasteiger partial charge on any atom is 0.345 e. The normalized spacial score (nSPS) is 12.2. The first kappa shape index (κ1) is 26.5. The highest BCUT2D eigenvalue weighted by Gasteiger charge is 2.20. The van der Waals surface area contributed by atoms with Gasteiger partial charge in [0.1, 0.15) is 5.82 Å². The van der Waals surface area contributed by atoms with Crippen molar-refractivity contribution in [2.75, 3.05) is 6.54 Å². The quantitative estimate of drug-likeness (QED) is 0.292. The molecule has 0 saturated carbocycles. The largest absolute Gasteiger partial charge is 0.389 e. The van der Waals surface area contributed by atoms with E-state index in [1.165, 1.54) is 36.4 Å². The number of ether oxygens (including phenoxy) is 1. The molecule has 0 heterocycles. The maximum absolute atomic E-state index is 14.3. The van der Waals surface area contributed by atoms with Gasteiger partial charge in [-0.05, 0) is 72.4 Å². The Bertz CT molecular complexity index is 1280. The molecule has 1 unspecified atom stereocenters. The van der Waals surface area contributed by atoms with Crippen molar-refractivity contribution >= 4 is 33.6 Å². The highest BCUT2D eigenvalue weighted by atomic mass is 35.5. The van der Waals surface area contributed by atoms with Crippen LogP contribution >= 0.6 is 11.6 Å². The number of halogens is 2. The molecule has 6 nitrogen and oxygen atoms in total. The zero-order valence-electron chi connectivity index (χ0n) is 19.0. The minimum Gasteiger partial charge on any atom is -0.389 e. The lowest BCUT2D eigenvalue weighted by molar-refractivity contribution is -0.138. The molecule has 0 aliphatic carbocycles. The third-order valence-electron chi connectivity index (χ3n) is 5.48. The highest BCUT2D eigenvalue weighted by molar-refractivity contribution is 7.89. The second-order valence-corrected chi connectivity index (χ2v) is 10.1. The van der Waals surface area contributed by atoms with Gasteiger partial charge in [0.05, 0.1) is 16.9 Å². The molecular weight excluding hydrogens is 493 g/mol. The number of rotatable bonds is 10. The van der Waals surface area contributed by atoms with E-state index in [4.69, 9.17) is 16.3 Å². The number of carbonyl (C=O) groups excluding carboxylic acids is 2. The summed E-state index contributed by atoms with van der Waals surface area (Å²) < 4.78 is 46.4. The van der Waals surface area contributed by atoms with E-state index >= 15 is 0 Å². The average Bonchev–Trinajstić information content (AvgIpc) is 2.84. The molecule has 35 heavy (non-hydrogen) atoms. The topological polar surface area (TPSA) is 89.5 Å². The van der Waals surface area contributed by atoms with E-state index < -0.39 is 27.8 Å². The van der Waals surface area contributed by atoms with Gasteiger partial charge < -0.3 is 4.74 Å². The zero-order valence-corrected chi connectivity index (χ0v) is 20.6. The molecule has 3 aromatic carbocycles. The zero-order chi connectivity index (χ0) is 25.4. The summed E-state index contributed by atoms with van der Waals surface area (Å²) in [7, 11) is -3.81. The van der Waals surface area contributed by atoms with Crippen molar-refractivity contribution in [3.8, 4) is 0 Å². The summed E-state index contributed by atoms with van der Waals surface area (Å²) in [4.78, 5) is 24.9. The molecular formula is C26H25ClFNO5S. The van der Waals surface area contributed by atoms with Crippen molar-refractivity contribution in [3.63, 3.8) is 0 Å². The summed E-state index contributed by atoms with van der Waals surface area (Å²) in [5, 5.41) is 0.401. The van der Waals surface area contributed by atoms with Gasteiger partial charge >= 0.3 is 11.9 Å². The Hall–Kier alpha value is -3.07. The summed E-state index contributed by atoms with van der Waals surface area (Å²) >= 11 is 5.78. The fourth-order valence-electron chi connectivity index (χ4n) is 3.54. The molecule has 0 aliphatic rings. The average molecular weight is 518 g/mol. The van der Waals surface area contributed by atoms with Gasteiger partial charge in [0, 0.05) is 11.6 Å². The van der Waals surface area contributed by atoms with Crippen LogP contribution in [0.15, 0.2) is 77.7 Å². The summed E-state index contributed by atoms with van der Waals surface area (Å²) in [6, 6.07) is 18.7. The Morgan fingerprint density at radius 2 is 1.71 bits per heavy atom. The molecule has 0 spiro atoms. The van der Waals surface area contributed by atoms with E-state index in [1.54, 1.807) is 0 Å².